The minimum Gasteiger partial charge on any atom is -0.508 e. The lowest BCUT2D eigenvalue weighted by molar-refractivity contribution is 0.404. The summed E-state index contributed by atoms with van der Waals surface area (Å²) in [4.78, 5) is 0. The van der Waals surface area contributed by atoms with E-state index in [1.165, 1.54) is 48.5 Å². The van der Waals surface area contributed by atoms with Gasteiger partial charge in [-0.25, -0.2) is 0 Å². The predicted octanol–water partition coefficient (Wildman–Crippen LogP) is 6.42. The topological polar surface area (TPSA) is 121 Å². The molecule has 5 rings (SSSR count). The first kappa shape index (κ1) is 24.8. The van der Waals surface area contributed by atoms with Gasteiger partial charge in [0.25, 0.3) is 0 Å². The summed E-state index contributed by atoms with van der Waals surface area (Å²) in [5, 5.41) is 56.5. The smallest absolute Gasteiger partial charge is 0.157 e. The Bertz CT molecular complexity index is 1370. The van der Waals surface area contributed by atoms with Gasteiger partial charge in [0.2, 0.25) is 0 Å². The van der Waals surface area contributed by atoms with Gasteiger partial charge in [-0.2, -0.15) is 0 Å². The molecule has 0 aliphatic rings. The van der Waals surface area contributed by atoms with Crippen molar-refractivity contribution in [2.45, 2.75) is 6.92 Å². The molecule has 0 saturated carbocycles. The first-order valence-corrected chi connectivity index (χ1v) is 10.7. The number of aryl methyl sites for hydroxylation is 1. The van der Waals surface area contributed by atoms with E-state index in [0.29, 0.717) is 5.56 Å². The zero-order chi connectivity index (χ0) is 25.4. The van der Waals surface area contributed by atoms with Gasteiger partial charge >= 0.3 is 0 Å². The van der Waals surface area contributed by atoms with Gasteiger partial charge in [-0.05, 0) is 83.4 Å². The summed E-state index contributed by atoms with van der Waals surface area (Å²) in [5.74, 6) is 0.517. The van der Waals surface area contributed by atoms with Crippen LogP contribution in [-0.2, 0) is 0 Å². The fourth-order valence-corrected chi connectivity index (χ4v) is 3.38. The van der Waals surface area contributed by atoms with Crippen LogP contribution in [-0.4, -0.2) is 30.6 Å². The molecule has 0 aromatic heterocycles. The molecule has 0 radical (unpaired) electrons. The van der Waals surface area contributed by atoms with Gasteiger partial charge in [0, 0.05) is 5.56 Å². The first-order valence-electron chi connectivity index (χ1n) is 10.7. The summed E-state index contributed by atoms with van der Waals surface area (Å²) in [5.41, 5.74) is 2.69. The molecule has 6 heteroatoms. The Kier molecular flexibility index (Phi) is 8.03. The molecule has 0 saturated heterocycles. The molecular weight excluding hydrogens is 444 g/mol. The van der Waals surface area contributed by atoms with Crippen LogP contribution in [0.3, 0.4) is 0 Å². The lowest BCUT2D eigenvalue weighted by Crippen LogP contribution is -1.87. The Morgan fingerprint density at radius 3 is 1.54 bits per heavy atom. The maximum atomic E-state index is 10.1. The SMILES string of the molecule is Cc1ccc2ccccc2c1-c1cc(O)ccc1O.Oc1ccc(O)cc1.Oc1ccccc1O. The van der Waals surface area contributed by atoms with Crippen molar-refractivity contribution in [3.05, 3.63) is 109 Å². The molecule has 6 N–H and O–H groups in total. The van der Waals surface area contributed by atoms with Crippen LogP contribution < -0.4 is 0 Å². The quantitative estimate of drug-likeness (QED) is 0.124. The Hall–Kier alpha value is -4.84. The maximum Gasteiger partial charge on any atom is 0.157 e. The van der Waals surface area contributed by atoms with Crippen LogP contribution in [0, 0.1) is 6.92 Å². The molecule has 178 valence electrons. The van der Waals surface area contributed by atoms with E-state index in [2.05, 4.69) is 6.07 Å². The van der Waals surface area contributed by atoms with Gasteiger partial charge in [-0.3, -0.25) is 0 Å². The van der Waals surface area contributed by atoms with Crippen LogP contribution in [0.1, 0.15) is 5.56 Å². The normalized spacial score (nSPS) is 9.97. The van der Waals surface area contributed by atoms with Gasteiger partial charge in [0.1, 0.15) is 23.0 Å². The van der Waals surface area contributed by atoms with E-state index in [0.717, 1.165) is 21.9 Å². The van der Waals surface area contributed by atoms with Crippen LogP contribution in [0.4, 0.5) is 0 Å². The monoisotopic (exact) mass is 470 g/mol. The molecule has 6 nitrogen and oxygen atoms in total. The van der Waals surface area contributed by atoms with Gasteiger partial charge in [-0.1, -0.05) is 48.5 Å². The average molecular weight is 471 g/mol. The fraction of sp³-hybridized carbons (Fsp3) is 0.0345. The van der Waals surface area contributed by atoms with Crippen molar-refractivity contribution in [2.75, 3.05) is 0 Å². The van der Waals surface area contributed by atoms with Gasteiger partial charge in [0.05, 0.1) is 0 Å². The lowest BCUT2D eigenvalue weighted by Gasteiger charge is -2.12. The second-order valence-corrected chi connectivity index (χ2v) is 7.69. The van der Waals surface area contributed by atoms with Crippen LogP contribution in [0.25, 0.3) is 21.9 Å². The summed E-state index contributed by atoms with van der Waals surface area (Å²) in [6.07, 6.45) is 0. The molecule has 0 unspecified atom stereocenters. The Balaban J connectivity index is 0.000000176. The maximum absolute atomic E-state index is 10.1. The number of fused-ring (bicyclic) bond motifs is 1. The Labute approximate surface area is 202 Å². The van der Waals surface area contributed by atoms with E-state index in [-0.39, 0.29) is 34.5 Å². The van der Waals surface area contributed by atoms with E-state index in [1.54, 1.807) is 18.2 Å². The molecule has 0 amide bonds. The van der Waals surface area contributed by atoms with E-state index in [9.17, 15) is 10.2 Å². The van der Waals surface area contributed by atoms with Gasteiger partial charge < -0.3 is 30.6 Å². The van der Waals surface area contributed by atoms with Crippen molar-refractivity contribution in [1.29, 1.82) is 0 Å². The van der Waals surface area contributed by atoms with Crippen molar-refractivity contribution in [3.8, 4) is 45.6 Å². The van der Waals surface area contributed by atoms with Crippen molar-refractivity contribution in [3.63, 3.8) is 0 Å². The molecule has 0 heterocycles. The van der Waals surface area contributed by atoms with E-state index in [4.69, 9.17) is 20.4 Å². The van der Waals surface area contributed by atoms with Crippen molar-refractivity contribution >= 4 is 10.8 Å². The van der Waals surface area contributed by atoms with Crippen LogP contribution in [0.15, 0.2) is 103 Å². The number of para-hydroxylation sites is 2. The molecule has 0 spiro atoms. The standard InChI is InChI=1S/C17H14O2.2C6H6O2/c1-11-6-7-12-4-2-3-5-14(12)17(11)15-10-13(18)8-9-16(15)19;7-5-1-2-6(8)4-3-5;7-5-3-1-2-4-6(5)8/h2-10,18-19H,1H3;2*1-4,7-8H. The minimum atomic E-state index is -0.0764. The highest BCUT2D eigenvalue weighted by Gasteiger charge is 2.11. The minimum absolute atomic E-state index is 0.0764. The summed E-state index contributed by atoms with van der Waals surface area (Å²) < 4.78 is 0. The number of hydrogen-bond donors (Lipinski definition) is 6. The zero-order valence-corrected chi connectivity index (χ0v) is 19.0. The lowest BCUT2D eigenvalue weighted by atomic mass is 9.93. The molecule has 35 heavy (non-hydrogen) atoms. The number of aromatic hydroxyl groups is 6. The molecular formula is C29H26O6. The number of rotatable bonds is 1. The largest absolute Gasteiger partial charge is 0.508 e. The highest BCUT2D eigenvalue weighted by atomic mass is 16.3. The predicted molar refractivity (Wildman–Crippen MR) is 137 cm³/mol. The van der Waals surface area contributed by atoms with E-state index in [1.807, 2.05) is 37.3 Å². The van der Waals surface area contributed by atoms with E-state index < -0.39 is 0 Å². The molecule has 0 atom stereocenters. The van der Waals surface area contributed by atoms with Gasteiger partial charge in [-0.15, -0.1) is 0 Å². The Morgan fingerprint density at radius 2 is 0.971 bits per heavy atom. The van der Waals surface area contributed by atoms with Crippen LogP contribution in [0.5, 0.6) is 34.5 Å². The first-order chi connectivity index (χ1) is 16.8. The highest BCUT2D eigenvalue weighted by molar-refractivity contribution is 5.99. The Morgan fingerprint density at radius 1 is 0.457 bits per heavy atom. The molecule has 0 aliphatic carbocycles. The molecule has 0 aliphatic heterocycles. The third-order valence-corrected chi connectivity index (χ3v) is 5.12. The number of phenols is 6. The third kappa shape index (κ3) is 6.58. The molecule has 5 aromatic carbocycles. The molecule has 0 bridgehead atoms. The summed E-state index contributed by atoms with van der Waals surface area (Å²) >= 11 is 0. The fourth-order valence-electron chi connectivity index (χ4n) is 3.38. The number of benzene rings is 5. The second kappa shape index (κ2) is 11.3. The molecule has 5 aromatic rings. The number of phenolic OH excluding ortho intramolecular Hbond substituents is 6. The third-order valence-electron chi connectivity index (χ3n) is 5.12. The summed E-state index contributed by atoms with van der Waals surface area (Å²) in [6, 6.07) is 28.6. The van der Waals surface area contributed by atoms with Crippen LogP contribution >= 0.6 is 0 Å². The van der Waals surface area contributed by atoms with Crippen molar-refractivity contribution in [1.82, 2.24) is 0 Å². The van der Waals surface area contributed by atoms with Crippen LogP contribution in [0.2, 0.25) is 0 Å². The highest BCUT2D eigenvalue weighted by Crippen LogP contribution is 2.38. The average Bonchev–Trinajstić information content (AvgIpc) is 2.85. The summed E-state index contributed by atoms with van der Waals surface area (Å²) in [7, 11) is 0. The molecule has 0 fully saturated rings. The van der Waals surface area contributed by atoms with E-state index >= 15 is 0 Å². The van der Waals surface area contributed by atoms with Crippen molar-refractivity contribution in [2.24, 2.45) is 0 Å². The number of hydrogen-bond acceptors (Lipinski definition) is 6. The summed E-state index contributed by atoms with van der Waals surface area (Å²) in [6.45, 7) is 2.01. The van der Waals surface area contributed by atoms with Crippen molar-refractivity contribution < 1.29 is 30.6 Å². The van der Waals surface area contributed by atoms with Gasteiger partial charge in [0.15, 0.2) is 11.5 Å². The zero-order valence-electron chi connectivity index (χ0n) is 19.0. The second-order valence-electron chi connectivity index (χ2n) is 7.69.